The standard InChI is InChI=1S/C31H45FN6O5/c1-19(2)17-36(29(40)25-26(20(3)4)38(34-33-25)23-11-9-8-10-22(23)32)24-16-21(28(39)35-12-14-43-15-13-35)18-37(30(41)42)27(24)31(5,6)7/h8-11,19-21,24,27H,12-18H2,1-7H3,(H,41,42)/t21-,24+,27?/m1/s1. The van der Waals surface area contributed by atoms with Gasteiger partial charge >= 0.3 is 6.09 Å². The highest BCUT2D eigenvalue weighted by Gasteiger charge is 2.50. The molecule has 3 heterocycles. The number of nitrogens with zero attached hydrogens (tertiary/aromatic N) is 6. The molecule has 2 saturated heterocycles. The van der Waals surface area contributed by atoms with Crippen molar-refractivity contribution in [3.05, 3.63) is 41.5 Å². The molecule has 2 aromatic rings. The monoisotopic (exact) mass is 600 g/mol. The van der Waals surface area contributed by atoms with Gasteiger partial charge in [-0.3, -0.25) is 9.59 Å². The van der Waals surface area contributed by atoms with Crippen LogP contribution >= 0.6 is 0 Å². The van der Waals surface area contributed by atoms with Crippen molar-refractivity contribution >= 4 is 17.9 Å². The molecule has 12 heteroatoms. The smallest absolute Gasteiger partial charge is 0.407 e. The van der Waals surface area contributed by atoms with Crippen LogP contribution in [0.5, 0.6) is 0 Å². The van der Waals surface area contributed by atoms with E-state index >= 15 is 0 Å². The molecular weight excluding hydrogens is 555 g/mol. The molecule has 1 N–H and O–H groups in total. The van der Waals surface area contributed by atoms with Crippen LogP contribution in [0.25, 0.3) is 5.69 Å². The summed E-state index contributed by atoms with van der Waals surface area (Å²) >= 11 is 0. The summed E-state index contributed by atoms with van der Waals surface area (Å²) in [5.41, 5.74) is 0.182. The van der Waals surface area contributed by atoms with E-state index in [0.29, 0.717) is 45.0 Å². The molecule has 2 aliphatic heterocycles. The van der Waals surface area contributed by atoms with Crippen molar-refractivity contribution in [2.75, 3.05) is 39.4 Å². The van der Waals surface area contributed by atoms with Crippen LogP contribution in [-0.4, -0.2) is 104 Å². The van der Waals surface area contributed by atoms with E-state index in [-0.39, 0.29) is 35.7 Å². The van der Waals surface area contributed by atoms with E-state index in [9.17, 15) is 23.9 Å². The normalized spacial score (nSPS) is 21.4. The number of amides is 3. The minimum absolute atomic E-state index is 0.0299. The molecule has 3 atom stereocenters. The number of hydrogen-bond donors (Lipinski definition) is 1. The van der Waals surface area contributed by atoms with Crippen LogP contribution in [0.3, 0.4) is 0 Å². The first kappa shape index (κ1) is 32.4. The quantitative estimate of drug-likeness (QED) is 0.504. The lowest BCUT2D eigenvalue weighted by Crippen LogP contribution is -2.66. The molecule has 0 bridgehead atoms. The van der Waals surface area contributed by atoms with Crippen molar-refractivity contribution in [3.8, 4) is 5.69 Å². The maximum absolute atomic E-state index is 14.8. The number of ether oxygens (including phenoxy) is 1. The summed E-state index contributed by atoms with van der Waals surface area (Å²) in [6, 6.07) is 4.98. The van der Waals surface area contributed by atoms with E-state index < -0.39 is 41.2 Å². The van der Waals surface area contributed by atoms with Gasteiger partial charge in [-0.05, 0) is 35.8 Å². The molecule has 3 amide bonds. The number of aromatic nitrogens is 3. The molecule has 1 aromatic heterocycles. The second-order valence-electron chi connectivity index (χ2n) is 13.4. The Bertz CT molecular complexity index is 1320. The van der Waals surface area contributed by atoms with Crippen LogP contribution in [0.1, 0.15) is 77.0 Å². The first-order chi connectivity index (χ1) is 20.2. The van der Waals surface area contributed by atoms with Crippen molar-refractivity contribution in [3.63, 3.8) is 0 Å². The topological polar surface area (TPSA) is 121 Å². The van der Waals surface area contributed by atoms with Crippen molar-refractivity contribution in [2.24, 2.45) is 17.3 Å². The number of halogens is 1. The predicted octanol–water partition coefficient (Wildman–Crippen LogP) is 4.27. The number of carboxylic acid groups (broad SMARTS) is 1. The number of likely N-dealkylation sites (tertiary alicyclic amines) is 1. The first-order valence-corrected chi connectivity index (χ1v) is 15.1. The predicted molar refractivity (Wildman–Crippen MR) is 159 cm³/mol. The average molecular weight is 601 g/mol. The zero-order valence-corrected chi connectivity index (χ0v) is 26.3. The van der Waals surface area contributed by atoms with Crippen LogP contribution in [-0.2, 0) is 9.53 Å². The Kier molecular flexibility index (Phi) is 9.78. The van der Waals surface area contributed by atoms with Gasteiger partial charge in [0.25, 0.3) is 5.91 Å². The summed E-state index contributed by atoms with van der Waals surface area (Å²) in [4.78, 5) is 45.8. The molecular formula is C31H45FN6O5. The zero-order chi connectivity index (χ0) is 31.6. The molecule has 2 fully saturated rings. The van der Waals surface area contributed by atoms with Crippen LogP contribution in [0.15, 0.2) is 24.3 Å². The van der Waals surface area contributed by atoms with Gasteiger partial charge in [0.2, 0.25) is 5.91 Å². The molecule has 1 unspecified atom stereocenters. The number of hydrogen-bond acceptors (Lipinski definition) is 6. The highest BCUT2D eigenvalue weighted by Crippen LogP contribution is 2.39. The fraction of sp³-hybridized carbons (Fsp3) is 0.645. The number of carbonyl (C=O) groups excluding carboxylic acids is 2. The summed E-state index contributed by atoms with van der Waals surface area (Å²) in [7, 11) is 0. The van der Waals surface area contributed by atoms with Gasteiger partial charge in [-0.25, -0.2) is 13.9 Å². The van der Waals surface area contributed by atoms with Crippen LogP contribution in [0.4, 0.5) is 9.18 Å². The Morgan fingerprint density at radius 3 is 2.33 bits per heavy atom. The molecule has 0 saturated carbocycles. The summed E-state index contributed by atoms with van der Waals surface area (Å²) in [5.74, 6) is -1.86. The second-order valence-corrected chi connectivity index (χ2v) is 13.4. The number of morpholine rings is 1. The summed E-state index contributed by atoms with van der Waals surface area (Å²) in [5, 5.41) is 18.9. The number of benzene rings is 1. The summed E-state index contributed by atoms with van der Waals surface area (Å²) in [6.45, 7) is 15.7. The van der Waals surface area contributed by atoms with Gasteiger partial charge in [0.05, 0.1) is 36.9 Å². The molecule has 2 aliphatic rings. The summed E-state index contributed by atoms with van der Waals surface area (Å²) in [6.07, 6.45) is -0.825. The van der Waals surface area contributed by atoms with Crippen molar-refractivity contribution in [2.45, 2.75) is 72.9 Å². The third kappa shape index (κ3) is 6.84. The van der Waals surface area contributed by atoms with Gasteiger partial charge in [-0.15, -0.1) is 5.10 Å². The van der Waals surface area contributed by atoms with E-state index in [1.54, 1.807) is 28.0 Å². The molecule has 0 radical (unpaired) electrons. The van der Waals surface area contributed by atoms with E-state index in [4.69, 9.17) is 4.74 Å². The Labute approximate surface area is 253 Å². The number of rotatable bonds is 7. The Morgan fingerprint density at radius 2 is 1.77 bits per heavy atom. The van der Waals surface area contributed by atoms with Crippen molar-refractivity contribution in [1.29, 1.82) is 0 Å². The van der Waals surface area contributed by atoms with Crippen molar-refractivity contribution < 1.29 is 28.6 Å². The van der Waals surface area contributed by atoms with Gasteiger partial charge in [0.1, 0.15) is 11.5 Å². The lowest BCUT2D eigenvalue weighted by atomic mass is 9.74. The SMILES string of the molecule is CC(C)CN(C(=O)c1nnn(-c2ccccc2F)c1C(C)C)[C@H]1C[C@@H](C(=O)N2CCOCC2)CN(C(=O)O)C1C(C)(C)C. The fourth-order valence-corrected chi connectivity index (χ4v) is 6.47. The molecule has 0 spiro atoms. The van der Waals surface area contributed by atoms with E-state index in [1.165, 1.54) is 15.6 Å². The van der Waals surface area contributed by atoms with Crippen LogP contribution in [0.2, 0.25) is 0 Å². The largest absolute Gasteiger partial charge is 0.465 e. The van der Waals surface area contributed by atoms with Crippen molar-refractivity contribution in [1.82, 2.24) is 29.7 Å². The third-order valence-corrected chi connectivity index (χ3v) is 8.21. The minimum Gasteiger partial charge on any atom is -0.465 e. The molecule has 0 aliphatic carbocycles. The lowest BCUT2D eigenvalue weighted by Gasteiger charge is -2.52. The van der Waals surface area contributed by atoms with E-state index in [1.807, 2.05) is 48.5 Å². The highest BCUT2D eigenvalue weighted by atomic mass is 19.1. The Balaban J connectivity index is 1.82. The second kappa shape index (κ2) is 13.0. The van der Waals surface area contributed by atoms with Gasteiger partial charge in [0, 0.05) is 26.2 Å². The molecule has 236 valence electrons. The van der Waals surface area contributed by atoms with Crippen LogP contribution in [0, 0.1) is 23.1 Å². The van der Waals surface area contributed by atoms with Crippen LogP contribution < -0.4 is 0 Å². The van der Waals surface area contributed by atoms with E-state index in [2.05, 4.69) is 10.3 Å². The maximum Gasteiger partial charge on any atom is 0.407 e. The number of carbonyl (C=O) groups is 3. The van der Waals surface area contributed by atoms with Gasteiger partial charge < -0.3 is 24.5 Å². The number of piperidine rings is 1. The zero-order valence-electron chi connectivity index (χ0n) is 26.3. The molecule has 43 heavy (non-hydrogen) atoms. The van der Waals surface area contributed by atoms with Gasteiger partial charge in [-0.1, -0.05) is 65.8 Å². The Hall–Kier alpha value is -3.54. The third-order valence-electron chi connectivity index (χ3n) is 8.21. The first-order valence-electron chi connectivity index (χ1n) is 15.1. The highest BCUT2D eigenvalue weighted by molar-refractivity contribution is 5.94. The molecule has 11 nitrogen and oxygen atoms in total. The molecule has 1 aromatic carbocycles. The molecule has 4 rings (SSSR count). The average Bonchev–Trinajstić information content (AvgIpc) is 3.40. The van der Waals surface area contributed by atoms with Gasteiger partial charge in [0.15, 0.2) is 5.69 Å². The fourth-order valence-electron chi connectivity index (χ4n) is 6.47. The van der Waals surface area contributed by atoms with Gasteiger partial charge in [-0.2, -0.15) is 0 Å². The minimum atomic E-state index is -1.13. The Morgan fingerprint density at radius 1 is 1.12 bits per heavy atom. The lowest BCUT2D eigenvalue weighted by molar-refractivity contribution is -0.144. The maximum atomic E-state index is 14.8. The summed E-state index contributed by atoms with van der Waals surface area (Å²) < 4.78 is 21.6. The van der Waals surface area contributed by atoms with E-state index in [0.717, 1.165) is 0 Å². The number of para-hydroxylation sites is 1.